The first kappa shape index (κ1) is 19.5. The maximum Gasteiger partial charge on any atom is 0.270 e. The van der Waals surface area contributed by atoms with Crippen molar-refractivity contribution in [1.29, 1.82) is 0 Å². The van der Waals surface area contributed by atoms with Crippen molar-refractivity contribution in [2.75, 3.05) is 4.90 Å². The summed E-state index contributed by atoms with van der Waals surface area (Å²) in [5.41, 5.74) is 0.381. The number of carbonyl (C=O) groups excluding carboxylic acids is 2. The maximum absolute atomic E-state index is 14.2. The normalized spacial score (nSPS) is 15.3. The maximum atomic E-state index is 14.2. The third-order valence-corrected chi connectivity index (χ3v) is 4.63. The molecule has 1 heterocycles. The number of nitrogens with zero attached hydrogens (tertiary/aromatic N) is 1. The number of hydrogen-bond donors (Lipinski definition) is 1. The summed E-state index contributed by atoms with van der Waals surface area (Å²) < 4.78 is 20.0. The van der Waals surface area contributed by atoms with Gasteiger partial charge in [0.25, 0.3) is 11.8 Å². The monoisotopic (exact) mass is 418 g/mol. The van der Waals surface area contributed by atoms with Crippen molar-refractivity contribution in [3.63, 3.8) is 0 Å². The van der Waals surface area contributed by atoms with Crippen LogP contribution in [0, 0.1) is 5.82 Å². The molecule has 30 heavy (non-hydrogen) atoms. The molecule has 1 aliphatic heterocycles. The molecule has 5 nitrogen and oxygen atoms in total. The zero-order chi connectivity index (χ0) is 21.1. The third-order valence-electron chi connectivity index (χ3n) is 4.34. The Hall–Kier alpha value is -3.84. The second-order valence-electron chi connectivity index (χ2n) is 6.40. The highest BCUT2D eigenvalue weighted by Crippen LogP contribution is 2.26. The Kier molecular flexibility index (Phi) is 5.36. The van der Waals surface area contributed by atoms with Gasteiger partial charge in [0.1, 0.15) is 22.9 Å². The van der Waals surface area contributed by atoms with Gasteiger partial charge in [-0.3, -0.25) is 14.9 Å². The van der Waals surface area contributed by atoms with Crippen LogP contribution in [0.1, 0.15) is 5.56 Å². The number of hydrogen-bond acceptors (Lipinski definition) is 4. The zero-order valence-electron chi connectivity index (χ0n) is 15.5. The smallest absolute Gasteiger partial charge is 0.270 e. The van der Waals surface area contributed by atoms with Gasteiger partial charge in [-0.2, -0.15) is 0 Å². The van der Waals surface area contributed by atoms with E-state index in [9.17, 15) is 14.0 Å². The summed E-state index contributed by atoms with van der Waals surface area (Å²) in [5.74, 6) is -0.775. The van der Waals surface area contributed by atoms with Gasteiger partial charge in [-0.15, -0.1) is 0 Å². The van der Waals surface area contributed by atoms with Crippen molar-refractivity contribution in [3.05, 3.63) is 95.8 Å². The fraction of sp³-hybridized carbons (Fsp3) is 0. The summed E-state index contributed by atoms with van der Waals surface area (Å²) in [4.78, 5) is 26.4. The van der Waals surface area contributed by atoms with Crippen LogP contribution in [0.5, 0.6) is 11.5 Å². The van der Waals surface area contributed by atoms with Gasteiger partial charge in [-0.05, 0) is 60.3 Å². The topological polar surface area (TPSA) is 58.6 Å². The summed E-state index contributed by atoms with van der Waals surface area (Å²) in [6.45, 7) is 0. The molecule has 0 bridgehead atoms. The number of benzene rings is 3. The van der Waals surface area contributed by atoms with E-state index in [0.717, 1.165) is 4.90 Å². The number of halogens is 1. The zero-order valence-corrected chi connectivity index (χ0v) is 16.4. The quantitative estimate of drug-likeness (QED) is 0.386. The molecule has 0 aliphatic carbocycles. The number of nitrogens with one attached hydrogen (secondary N) is 1. The first-order valence-electron chi connectivity index (χ1n) is 9.02. The minimum absolute atomic E-state index is 0.0282. The standard InChI is InChI=1S/C23H15FN2O3S/c24-19-11-4-5-12-20(19)26-22(28)18(21(27)25-23(26)30)14-15-7-6-10-17(13-15)29-16-8-2-1-3-9-16/h1-14H,(H,25,27,30)/b18-14+. The molecule has 3 aromatic rings. The van der Waals surface area contributed by atoms with Crippen LogP contribution in [0.2, 0.25) is 0 Å². The fourth-order valence-corrected chi connectivity index (χ4v) is 3.24. The van der Waals surface area contributed by atoms with Gasteiger partial charge in [0.05, 0.1) is 5.69 Å². The molecule has 1 aliphatic rings. The van der Waals surface area contributed by atoms with Crippen LogP contribution >= 0.6 is 12.2 Å². The van der Waals surface area contributed by atoms with Gasteiger partial charge in [0, 0.05) is 0 Å². The van der Waals surface area contributed by atoms with Gasteiger partial charge in [0.2, 0.25) is 0 Å². The second kappa shape index (κ2) is 8.26. The van der Waals surface area contributed by atoms with Crippen molar-refractivity contribution in [3.8, 4) is 11.5 Å². The van der Waals surface area contributed by atoms with Crippen molar-refractivity contribution in [2.45, 2.75) is 0 Å². The number of carbonyl (C=O) groups is 2. The molecule has 0 aromatic heterocycles. The molecule has 1 fully saturated rings. The Labute approximate surface area is 177 Å². The van der Waals surface area contributed by atoms with Crippen LogP contribution in [0.25, 0.3) is 6.08 Å². The molecular weight excluding hydrogens is 403 g/mol. The summed E-state index contributed by atoms with van der Waals surface area (Å²) >= 11 is 5.09. The SMILES string of the molecule is O=C1NC(=S)N(c2ccccc2F)C(=O)/C1=C/c1cccc(Oc2ccccc2)c1. The number of rotatable bonds is 4. The molecule has 3 aromatic carbocycles. The van der Waals surface area contributed by atoms with E-state index < -0.39 is 17.6 Å². The van der Waals surface area contributed by atoms with Crippen molar-refractivity contribution in [2.24, 2.45) is 0 Å². The van der Waals surface area contributed by atoms with Gasteiger partial charge in [0.15, 0.2) is 5.11 Å². The van der Waals surface area contributed by atoms with Gasteiger partial charge < -0.3 is 4.74 Å². The minimum atomic E-state index is -0.705. The molecule has 0 radical (unpaired) electrons. The van der Waals surface area contributed by atoms with E-state index >= 15 is 0 Å². The third kappa shape index (κ3) is 3.97. The van der Waals surface area contributed by atoms with Crippen molar-refractivity contribution in [1.82, 2.24) is 5.32 Å². The number of anilines is 1. The van der Waals surface area contributed by atoms with E-state index in [2.05, 4.69) is 5.32 Å². The molecule has 4 rings (SSSR count). The molecule has 0 atom stereocenters. The van der Waals surface area contributed by atoms with Crippen LogP contribution in [0.4, 0.5) is 10.1 Å². The lowest BCUT2D eigenvalue weighted by atomic mass is 10.1. The lowest BCUT2D eigenvalue weighted by Crippen LogP contribution is -2.54. The van der Waals surface area contributed by atoms with Crippen LogP contribution in [0.3, 0.4) is 0 Å². The Balaban J connectivity index is 1.66. The van der Waals surface area contributed by atoms with E-state index in [-0.39, 0.29) is 16.4 Å². The second-order valence-corrected chi connectivity index (χ2v) is 6.78. The van der Waals surface area contributed by atoms with Gasteiger partial charge >= 0.3 is 0 Å². The lowest BCUT2D eigenvalue weighted by Gasteiger charge is -2.29. The number of thiocarbonyl (C=S) groups is 1. The minimum Gasteiger partial charge on any atom is -0.457 e. The first-order chi connectivity index (χ1) is 14.5. The Morgan fingerprint density at radius 2 is 1.60 bits per heavy atom. The molecule has 0 spiro atoms. The predicted molar refractivity (Wildman–Crippen MR) is 116 cm³/mol. The summed E-state index contributed by atoms with van der Waals surface area (Å²) in [6.07, 6.45) is 1.42. The molecular formula is C23H15FN2O3S. The van der Waals surface area contributed by atoms with Crippen LogP contribution < -0.4 is 15.0 Å². The molecule has 0 unspecified atom stereocenters. The number of ether oxygens (including phenoxy) is 1. The van der Waals surface area contributed by atoms with Crippen LogP contribution in [0.15, 0.2) is 84.4 Å². The molecule has 0 saturated carbocycles. The van der Waals surface area contributed by atoms with Crippen LogP contribution in [-0.2, 0) is 9.59 Å². The van der Waals surface area contributed by atoms with Crippen LogP contribution in [-0.4, -0.2) is 16.9 Å². The van der Waals surface area contributed by atoms with E-state index in [0.29, 0.717) is 17.1 Å². The van der Waals surface area contributed by atoms with Crippen molar-refractivity contribution < 1.29 is 18.7 Å². The molecule has 7 heteroatoms. The molecule has 148 valence electrons. The van der Waals surface area contributed by atoms with Gasteiger partial charge in [-0.25, -0.2) is 9.29 Å². The predicted octanol–water partition coefficient (Wildman–Crippen LogP) is 4.45. The lowest BCUT2D eigenvalue weighted by molar-refractivity contribution is -0.122. The Morgan fingerprint density at radius 3 is 2.37 bits per heavy atom. The average molecular weight is 418 g/mol. The Morgan fingerprint density at radius 1 is 0.900 bits per heavy atom. The summed E-state index contributed by atoms with van der Waals surface area (Å²) in [6, 6.07) is 21.9. The molecule has 1 saturated heterocycles. The number of amides is 2. The highest BCUT2D eigenvalue weighted by atomic mass is 32.1. The molecule has 2 amide bonds. The van der Waals surface area contributed by atoms with E-state index in [4.69, 9.17) is 17.0 Å². The van der Waals surface area contributed by atoms with E-state index in [1.807, 2.05) is 30.3 Å². The fourth-order valence-electron chi connectivity index (χ4n) is 2.97. The molecule has 1 N–H and O–H groups in total. The summed E-state index contributed by atoms with van der Waals surface area (Å²) in [7, 11) is 0. The van der Waals surface area contributed by atoms with Crippen molar-refractivity contribution >= 4 is 40.9 Å². The van der Waals surface area contributed by atoms with Gasteiger partial charge in [-0.1, -0.05) is 42.5 Å². The Bertz CT molecular complexity index is 1180. The number of para-hydroxylation sites is 2. The highest BCUT2D eigenvalue weighted by Gasteiger charge is 2.35. The van der Waals surface area contributed by atoms with E-state index in [1.54, 1.807) is 30.3 Å². The highest BCUT2D eigenvalue weighted by molar-refractivity contribution is 7.80. The summed E-state index contributed by atoms with van der Waals surface area (Å²) in [5, 5.41) is 2.27. The first-order valence-corrected chi connectivity index (χ1v) is 9.43. The average Bonchev–Trinajstić information content (AvgIpc) is 2.73. The largest absolute Gasteiger partial charge is 0.457 e. The van der Waals surface area contributed by atoms with E-state index in [1.165, 1.54) is 24.3 Å².